The Labute approximate surface area is 143 Å². The monoisotopic (exact) mass is 334 g/mol. The molecule has 1 aliphatic carbocycles. The van der Waals surface area contributed by atoms with Gasteiger partial charge in [-0.3, -0.25) is 14.9 Å². The van der Waals surface area contributed by atoms with E-state index in [0.717, 1.165) is 13.0 Å². The Morgan fingerprint density at radius 3 is 2.71 bits per heavy atom. The van der Waals surface area contributed by atoms with Gasteiger partial charge in [0.1, 0.15) is 5.82 Å². The molecule has 0 radical (unpaired) electrons. The molecule has 1 heterocycles. The molecule has 1 spiro atoms. The molecule has 1 aromatic rings. The van der Waals surface area contributed by atoms with Crippen molar-refractivity contribution in [2.24, 2.45) is 5.41 Å². The minimum atomic E-state index is -0.686. The number of hydrogen-bond acceptors (Lipinski definition) is 3. The van der Waals surface area contributed by atoms with Crippen molar-refractivity contribution < 1.29 is 14.4 Å². The van der Waals surface area contributed by atoms with E-state index in [9.17, 15) is 9.18 Å². The molecule has 1 amide bonds. The van der Waals surface area contributed by atoms with Crippen molar-refractivity contribution in [2.75, 3.05) is 6.54 Å². The average Bonchev–Trinajstić information content (AvgIpc) is 2.93. The number of carbonyl (C=O) groups is 1. The SMILES string of the molecule is CC[C@@H]1N(Cc2ccc(C(=O)NO)cc2F)CCC12CCCCC2. The van der Waals surface area contributed by atoms with Gasteiger partial charge in [0.15, 0.2) is 0 Å². The molecule has 2 aliphatic rings. The lowest BCUT2D eigenvalue weighted by Gasteiger charge is -2.41. The van der Waals surface area contributed by atoms with Crippen LogP contribution in [0.25, 0.3) is 0 Å². The molecule has 1 saturated carbocycles. The molecule has 24 heavy (non-hydrogen) atoms. The molecule has 2 fully saturated rings. The number of amides is 1. The van der Waals surface area contributed by atoms with Crippen LogP contribution in [-0.2, 0) is 6.54 Å². The highest BCUT2D eigenvalue weighted by Gasteiger charge is 2.46. The molecule has 0 bridgehead atoms. The summed E-state index contributed by atoms with van der Waals surface area (Å²) in [6, 6.07) is 4.96. The largest absolute Gasteiger partial charge is 0.295 e. The Bertz CT molecular complexity index is 599. The Morgan fingerprint density at radius 1 is 1.33 bits per heavy atom. The van der Waals surface area contributed by atoms with Gasteiger partial charge in [-0.1, -0.05) is 32.3 Å². The zero-order valence-corrected chi connectivity index (χ0v) is 14.4. The lowest BCUT2D eigenvalue weighted by Crippen LogP contribution is -2.40. The van der Waals surface area contributed by atoms with Gasteiger partial charge >= 0.3 is 0 Å². The molecular weight excluding hydrogens is 307 g/mol. The van der Waals surface area contributed by atoms with Crippen LogP contribution in [0.2, 0.25) is 0 Å². The third-order valence-electron chi connectivity index (χ3n) is 6.07. The van der Waals surface area contributed by atoms with Gasteiger partial charge in [0.05, 0.1) is 0 Å². The Morgan fingerprint density at radius 2 is 2.08 bits per heavy atom. The van der Waals surface area contributed by atoms with Gasteiger partial charge in [-0.05, 0) is 49.8 Å². The summed E-state index contributed by atoms with van der Waals surface area (Å²) in [7, 11) is 0. The summed E-state index contributed by atoms with van der Waals surface area (Å²) in [5.41, 5.74) is 2.73. The number of hydroxylamine groups is 1. The van der Waals surface area contributed by atoms with Crippen LogP contribution >= 0.6 is 0 Å². The second-order valence-electron chi connectivity index (χ2n) is 7.31. The maximum atomic E-state index is 14.4. The van der Waals surface area contributed by atoms with Crippen LogP contribution in [0.1, 0.15) is 67.8 Å². The highest BCUT2D eigenvalue weighted by molar-refractivity contribution is 5.93. The van der Waals surface area contributed by atoms with Crippen molar-refractivity contribution in [3.63, 3.8) is 0 Å². The van der Waals surface area contributed by atoms with Crippen LogP contribution in [0.4, 0.5) is 4.39 Å². The Kier molecular flexibility index (Phi) is 5.21. The van der Waals surface area contributed by atoms with Crippen LogP contribution in [0, 0.1) is 11.2 Å². The fourth-order valence-electron chi connectivity index (χ4n) is 4.90. The predicted octanol–water partition coefficient (Wildman–Crippen LogP) is 3.88. The number of halogens is 1. The van der Waals surface area contributed by atoms with E-state index >= 15 is 0 Å². The van der Waals surface area contributed by atoms with Gasteiger partial charge in [0, 0.05) is 23.7 Å². The molecule has 1 aliphatic heterocycles. The number of benzene rings is 1. The van der Waals surface area contributed by atoms with Gasteiger partial charge in [-0.15, -0.1) is 0 Å². The lowest BCUT2D eigenvalue weighted by molar-refractivity contribution is 0.0706. The number of rotatable bonds is 4. The third-order valence-corrected chi connectivity index (χ3v) is 6.07. The number of nitrogens with zero attached hydrogens (tertiary/aromatic N) is 1. The summed E-state index contributed by atoms with van der Waals surface area (Å²) in [6.45, 7) is 3.86. The summed E-state index contributed by atoms with van der Waals surface area (Å²) in [6.07, 6.45) is 8.93. The van der Waals surface area contributed by atoms with Gasteiger partial charge in [-0.25, -0.2) is 9.87 Å². The molecule has 0 aromatic heterocycles. The van der Waals surface area contributed by atoms with E-state index in [2.05, 4.69) is 11.8 Å². The zero-order valence-electron chi connectivity index (χ0n) is 14.4. The van der Waals surface area contributed by atoms with Crippen molar-refractivity contribution in [1.82, 2.24) is 10.4 Å². The normalized spacial score (nSPS) is 23.5. The summed E-state index contributed by atoms with van der Waals surface area (Å²) in [5, 5.41) is 8.66. The molecule has 1 aromatic carbocycles. The molecule has 4 nitrogen and oxygen atoms in total. The fraction of sp³-hybridized carbons (Fsp3) is 0.632. The van der Waals surface area contributed by atoms with E-state index in [1.54, 1.807) is 17.6 Å². The molecule has 132 valence electrons. The third kappa shape index (κ3) is 3.20. The standard InChI is InChI=1S/C19H27FN2O2/c1-2-17-19(8-4-3-5-9-19)10-11-22(17)13-15-7-6-14(12-16(15)20)18(23)21-24/h6-7,12,17,24H,2-5,8-11,13H2,1H3,(H,21,23)/t17-/m0/s1. The molecular formula is C19H27FN2O2. The molecule has 2 N–H and O–H groups in total. The first kappa shape index (κ1) is 17.4. The molecule has 3 rings (SSSR count). The summed E-state index contributed by atoms with van der Waals surface area (Å²) >= 11 is 0. The highest BCUT2D eigenvalue weighted by Crippen LogP contribution is 2.49. The predicted molar refractivity (Wildman–Crippen MR) is 90.3 cm³/mol. The smallest absolute Gasteiger partial charge is 0.274 e. The van der Waals surface area contributed by atoms with E-state index in [0.29, 0.717) is 23.6 Å². The van der Waals surface area contributed by atoms with Crippen LogP contribution < -0.4 is 5.48 Å². The van der Waals surface area contributed by atoms with Crippen molar-refractivity contribution in [1.29, 1.82) is 0 Å². The van der Waals surface area contributed by atoms with E-state index < -0.39 is 5.91 Å². The maximum Gasteiger partial charge on any atom is 0.274 e. The van der Waals surface area contributed by atoms with E-state index in [1.807, 2.05) is 0 Å². The Hall–Kier alpha value is -1.46. The lowest BCUT2D eigenvalue weighted by atomic mass is 9.68. The number of nitrogens with one attached hydrogen (secondary N) is 1. The average molecular weight is 334 g/mol. The number of hydrogen-bond donors (Lipinski definition) is 2. The van der Waals surface area contributed by atoms with Crippen LogP contribution in [-0.4, -0.2) is 28.6 Å². The van der Waals surface area contributed by atoms with Crippen LogP contribution in [0.3, 0.4) is 0 Å². The van der Waals surface area contributed by atoms with E-state index in [-0.39, 0.29) is 11.4 Å². The quantitative estimate of drug-likeness (QED) is 0.649. The first-order chi connectivity index (χ1) is 11.6. The summed E-state index contributed by atoms with van der Waals surface area (Å²) in [5.74, 6) is -1.07. The van der Waals surface area contributed by atoms with E-state index in [4.69, 9.17) is 5.21 Å². The first-order valence-corrected chi connectivity index (χ1v) is 9.06. The van der Waals surface area contributed by atoms with Gasteiger partial charge in [-0.2, -0.15) is 0 Å². The number of carbonyl (C=O) groups excluding carboxylic acids is 1. The second kappa shape index (κ2) is 7.19. The van der Waals surface area contributed by atoms with Crippen molar-refractivity contribution in [3.05, 3.63) is 35.1 Å². The van der Waals surface area contributed by atoms with Gasteiger partial charge in [0.2, 0.25) is 0 Å². The Balaban J connectivity index is 1.75. The number of likely N-dealkylation sites (tertiary alicyclic amines) is 1. The first-order valence-electron chi connectivity index (χ1n) is 9.06. The topological polar surface area (TPSA) is 52.6 Å². The van der Waals surface area contributed by atoms with Crippen molar-refractivity contribution in [2.45, 2.75) is 64.5 Å². The highest BCUT2D eigenvalue weighted by atomic mass is 19.1. The molecule has 0 unspecified atom stereocenters. The van der Waals surface area contributed by atoms with E-state index in [1.165, 1.54) is 44.6 Å². The zero-order chi connectivity index (χ0) is 17.2. The molecule has 1 atom stereocenters. The van der Waals surface area contributed by atoms with Crippen molar-refractivity contribution in [3.8, 4) is 0 Å². The van der Waals surface area contributed by atoms with Crippen LogP contribution in [0.5, 0.6) is 0 Å². The molecule has 1 saturated heterocycles. The second-order valence-corrected chi connectivity index (χ2v) is 7.31. The maximum absolute atomic E-state index is 14.4. The molecule has 5 heteroatoms. The minimum absolute atomic E-state index is 0.135. The van der Waals surface area contributed by atoms with Gasteiger partial charge < -0.3 is 0 Å². The minimum Gasteiger partial charge on any atom is -0.295 e. The van der Waals surface area contributed by atoms with Crippen molar-refractivity contribution >= 4 is 5.91 Å². The summed E-state index contributed by atoms with van der Waals surface area (Å²) < 4.78 is 14.4. The fourth-order valence-corrected chi connectivity index (χ4v) is 4.90. The van der Waals surface area contributed by atoms with Crippen LogP contribution in [0.15, 0.2) is 18.2 Å². The van der Waals surface area contributed by atoms with Gasteiger partial charge in [0.25, 0.3) is 5.91 Å². The summed E-state index contributed by atoms with van der Waals surface area (Å²) in [4.78, 5) is 13.8.